The van der Waals surface area contributed by atoms with Gasteiger partial charge in [-0.3, -0.25) is 4.79 Å². The molecule has 0 fully saturated rings. The lowest BCUT2D eigenvalue weighted by molar-refractivity contribution is 0.0954. The van der Waals surface area contributed by atoms with Gasteiger partial charge in [-0.1, -0.05) is 15.9 Å². The molecule has 0 saturated carbocycles. The summed E-state index contributed by atoms with van der Waals surface area (Å²) in [5.41, 5.74) is 3.62. The number of ether oxygens (including phenoxy) is 3. The monoisotopic (exact) mass is 484 g/mol. The van der Waals surface area contributed by atoms with Gasteiger partial charge in [-0.05, 0) is 53.2 Å². The molecule has 0 radical (unpaired) electrons. The van der Waals surface area contributed by atoms with E-state index < -0.39 is 0 Å². The molecule has 0 unspecified atom stereocenters. The van der Waals surface area contributed by atoms with E-state index in [1.165, 1.54) is 20.4 Å². The first-order valence-electron chi connectivity index (χ1n) is 7.67. The predicted octanol–water partition coefficient (Wildman–Crippen LogP) is 4.39. The second kappa shape index (κ2) is 9.59. The summed E-state index contributed by atoms with van der Waals surface area (Å²) in [6.07, 6.45) is 1.53. The number of hydrogen-bond donors (Lipinski definition) is 1. The number of amides is 1. The highest BCUT2D eigenvalue weighted by Gasteiger charge is 2.11. The minimum absolute atomic E-state index is 0.366. The summed E-state index contributed by atoms with van der Waals surface area (Å²) in [5, 5.41) is 4.02. The molecule has 2 rings (SSSR count). The molecule has 2 aromatic carbocycles. The third-order valence-corrected chi connectivity index (χ3v) is 4.39. The summed E-state index contributed by atoms with van der Waals surface area (Å²) < 4.78 is 17.6. The summed E-state index contributed by atoms with van der Waals surface area (Å²) in [4.78, 5) is 12.3. The number of nitrogens with one attached hydrogen (secondary N) is 1. The third-order valence-electron chi connectivity index (χ3n) is 3.34. The predicted molar refractivity (Wildman–Crippen MR) is 108 cm³/mol. The van der Waals surface area contributed by atoms with E-state index in [9.17, 15) is 4.79 Å². The van der Waals surface area contributed by atoms with E-state index in [-0.39, 0.29) is 5.91 Å². The summed E-state index contributed by atoms with van der Waals surface area (Å²) >= 11 is 6.88. The van der Waals surface area contributed by atoms with Crippen molar-refractivity contribution in [1.82, 2.24) is 5.43 Å². The Morgan fingerprint density at radius 2 is 1.88 bits per heavy atom. The van der Waals surface area contributed by atoms with Crippen LogP contribution in [0.15, 0.2) is 44.4 Å². The molecule has 2 aromatic rings. The summed E-state index contributed by atoms with van der Waals surface area (Å²) in [6, 6.07) is 8.61. The van der Waals surface area contributed by atoms with Crippen molar-refractivity contribution >= 4 is 44.0 Å². The molecule has 6 nitrogen and oxygen atoms in total. The number of carbonyl (C=O) groups is 1. The number of carbonyl (C=O) groups excluding carboxylic acids is 1. The number of halogens is 2. The smallest absolute Gasteiger partial charge is 0.271 e. The standard InChI is InChI=1S/C18H18Br2N2O4/c1-4-26-17-12(7-13(19)9-14(17)20)10-21-22-18(23)11-5-6-15(24-2)16(8-11)25-3/h5-10H,4H2,1-3H3,(H,22,23). The third kappa shape index (κ3) is 4.98. The van der Waals surface area contributed by atoms with Crippen molar-refractivity contribution in [2.75, 3.05) is 20.8 Å². The first-order valence-corrected chi connectivity index (χ1v) is 9.26. The first-order chi connectivity index (χ1) is 12.5. The van der Waals surface area contributed by atoms with Gasteiger partial charge < -0.3 is 14.2 Å². The maximum atomic E-state index is 12.3. The maximum Gasteiger partial charge on any atom is 0.271 e. The Morgan fingerprint density at radius 1 is 1.15 bits per heavy atom. The second-order valence-corrected chi connectivity index (χ2v) is 6.78. The highest BCUT2D eigenvalue weighted by Crippen LogP contribution is 2.32. The largest absolute Gasteiger partial charge is 0.493 e. The molecule has 0 aliphatic rings. The van der Waals surface area contributed by atoms with Crippen LogP contribution in [0.25, 0.3) is 0 Å². The van der Waals surface area contributed by atoms with Crippen LogP contribution < -0.4 is 19.6 Å². The van der Waals surface area contributed by atoms with Crippen molar-refractivity contribution in [3.8, 4) is 17.2 Å². The molecule has 0 spiro atoms. The molecule has 26 heavy (non-hydrogen) atoms. The Kier molecular flexibility index (Phi) is 7.47. The lowest BCUT2D eigenvalue weighted by Gasteiger charge is -2.10. The van der Waals surface area contributed by atoms with Crippen molar-refractivity contribution < 1.29 is 19.0 Å². The van der Waals surface area contributed by atoms with E-state index in [1.54, 1.807) is 18.2 Å². The fourth-order valence-corrected chi connectivity index (χ4v) is 3.55. The zero-order chi connectivity index (χ0) is 19.1. The Hall–Kier alpha value is -2.06. The fourth-order valence-electron chi connectivity index (χ4n) is 2.18. The summed E-state index contributed by atoms with van der Waals surface area (Å²) in [5.74, 6) is 1.31. The highest BCUT2D eigenvalue weighted by molar-refractivity contribution is 9.11. The van der Waals surface area contributed by atoms with E-state index in [0.717, 1.165) is 14.5 Å². The lowest BCUT2D eigenvalue weighted by atomic mass is 10.2. The fraction of sp³-hybridized carbons (Fsp3) is 0.222. The SMILES string of the molecule is CCOc1c(Br)cc(Br)cc1C=NNC(=O)c1ccc(OC)c(OC)c1. The summed E-state index contributed by atoms with van der Waals surface area (Å²) in [6.45, 7) is 2.41. The van der Waals surface area contributed by atoms with Crippen molar-refractivity contribution in [1.29, 1.82) is 0 Å². The zero-order valence-electron chi connectivity index (χ0n) is 14.5. The molecule has 8 heteroatoms. The van der Waals surface area contributed by atoms with Crippen LogP contribution in [-0.4, -0.2) is 32.9 Å². The van der Waals surface area contributed by atoms with Gasteiger partial charge in [0.15, 0.2) is 11.5 Å². The number of benzene rings is 2. The van der Waals surface area contributed by atoms with Gasteiger partial charge in [0, 0.05) is 15.6 Å². The molecule has 0 bridgehead atoms. The van der Waals surface area contributed by atoms with Crippen molar-refractivity contribution in [2.24, 2.45) is 5.10 Å². The quantitative estimate of drug-likeness (QED) is 0.466. The molecular formula is C18H18Br2N2O4. The number of methoxy groups -OCH3 is 2. The van der Waals surface area contributed by atoms with E-state index in [2.05, 4.69) is 42.4 Å². The molecule has 0 heterocycles. The molecule has 0 atom stereocenters. The topological polar surface area (TPSA) is 69.2 Å². The summed E-state index contributed by atoms with van der Waals surface area (Å²) in [7, 11) is 3.05. The maximum absolute atomic E-state index is 12.3. The van der Waals surface area contributed by atoms with Crippen LogP contribution >= 0.6 is 31.9 Å². The van der Waals surface area contributed by atoms with Crippen LogP contribution in [0.1, 0.15) is 22.8 Å². The number of nitrogens with zero attached hydrogens (tertiary/aromatic N) is 1. The molecular weight excluding hydrogens is 468 g/mol. The minimum atomic E-state index is -0.366. The molecule has 0 aliphatic carbocycles. The van der Waals surface area contributed by atoms with Crippen LogP contribution in [0.4, 0.5) is 0 Å². The molecule has 1 amide bonds. The zero-order valence-corrected chi connectivity index (χ0v) is 17.7. The van der Waals surface area contributed by atoms with E-state index in [1.807, 2.05) is 19.1 Å². The average Bonchev–Trinajstić information content (AvgIpc) is 2.63. The van der Waals surface area contributed by atoms with Gasteiger partial charge in [0.1, 0.15) is 5.75 Å². The van der Waals surface area contributed by atoms with Gasteiger partial charge in [-0.2, -0.15) is 5.10 Å². The van der Waals surface area contributed by atoms with E-state index in [4.69, 9.17) is 14.2 Å². The van der Waals surface area contributed by atoms with Gasteiger partial charge in [-0.15, -0.1) is 0 Å². The van der Waals surface area contributed by atoms with Crippen LogP contribution in [0, 0.1) is 0 Å². The van der Waals surface area contributed by atoms with Gasteiger partial charge >= 0.3 is 0 Å². The normalized spacial score (nSPS) is 10.7. The van der Waals surface area contributed by atoms with Crippen LogP contribution in [-0.2, 0) is 0 Å². The lowest BCUT2D eigenvalue weighted by Crippen LogP contribution is -2.17. The van der Waals surface area contributed by atoms with E-state index in [0.29, 0.717) is 29.4 Å². The highest BCUT2D eigenvalue weighted by atomic mass is 79.9. The molecule has 0 aliphatic heterocycles. The average molecular weight is 486 g/mol. The van der Waals surface area contributed by atoms with Crippen LogP contribution in [0.3, 0.4) is 0 Å². The number of hydrazone groups is 1. The Morgan fingerprint density at radius 3 is 2.54 bits per heavy atom. The van der Waals surface area contributed by atoms with Crippen molar-refractivity contribution in [3.63, 3.8) is 0 Å². The van der Waals surface area contributed by atoms with Crippen molar-refractivity contribution in [3.05, 3.63) is 50.4 Å². The van der Waals surface area contributed by atoms with Crippen LogP contribution in [0.2, 0.25) is 0 Å². The van der Waals surface area contributed by atoms with Gasteiger partial charge in [0.2, 0.25) is 0 Å². The van der Waals surface area contributed by atoms with Gasteiger partial charge in [-0.25, -0.2) is 5.43 Å². The van der Waals surface area contributed by atoms with Crippen molar-refractivity contribution in [2.45, 2.75) is 6.92 Å². The minimum Gasteiger partial charge on any atom is -0.493 e. The molecule has 0 aromatic heterocycles. The first kappa shape index (κ1) is 20.3. The molecule has 0 saturated heterocycles. The number of hydrogen-bond acceptors (Lipinski definition) is 5. The Bertz CT molecular complexity index is 825. The molecule has 1 N–H and O–H groups in total. The van der Waals surface area contributed by atoms with Crippen LogP contribution in [0.5, 0.6) is 17.2 Å². The molecule has 138 valence electrons. The Balaban J connectivity index is 2.17. The number of rotatable bonds is 7. The Labute approximate surface area is 168 Å². The van der Waals surface area contributed by atoms with E-state index >= 15 is 0 Å². The van der Waals surface area contributed by atoms with Gasteiger partial charge in [0.25, 0.3) is 5.91 Å². The second-order valence-electron chi connectivity index (χ2n) is 5.01. The van der Waals surface area contributed by atoms with Gasteiger partial charge in [0.05, 0.1) is 31.5 Å².